The zero-order valence-electron chi connectivity index (χ0n) is 12.2. The molecular weight excluding hydrogens is 521 g/mol. The van der Waals surface area contributed by atoms with Crippen LogP contribution in [0.3, 0.4) is 0 Å². The third-order valence-corrected chi connectivity index (χ3v) is 12.6. The molecule has 0 aliphatic carbocycles. The first-order valence-corrected chi connectivity index (χ1v) is 22.0. The van der Waals surface area contributed by atoms with Crippen molar-refractivity contribution in [3.8, 4) is 0 Å². The molecule has 0 radical (unpaired) electrons. The molecule has 0 unspecified atom stereocenters. The Morgan fingerprint density at radius 1 is 0.545 bits per heavy atom. The summed E-state index contributed by atoms with van der Waals surface area (Å²) >= 11 is 2.60. The second-order valence-electron chi connectivity index (χ2n) is 5.09. The van der Waals surface area contributed by atoms with Crippen LogP contribution < -0.4 is 0 Å². The van der Waals surface area contributed by atoms with Crippen LogP contribution in [0, 0.1) is 0 Å². The van der Waals surface area contributed by atoms with Gasteiger partial charge < -0.3 is 0 Å². The van der Waals surface area contributed by atoms with Gasteiger partial charge in [-0.1, -0.05) is 0 Å². The number of hydrogen-bond donors (Lipinski definition) is 0. The Bertz CT molecular complexity index is 708. The Labute approximate surface area is 149 Å². The summed E-state index contributed by atoms with van der Waals surface area (Å²) in [5.74, 6) is 0. The molecule has 22 heavy (non-hydrogen) atoms. The van der Waals surface area contributed by atoms with Crippen molar-refractivity contribution in [2.75, 3.05) is 0 Å². The molecule has 0 spiro atoms. The van der Waals surface area contributed by atoms with Gasteiger partial charge in [-0.15, -0.1) is 0 Å². The fourth-order valence-electron chi connectivity index (χ4n) is 2.65. The summed E-state index contributed by atoms with van der Waals surface area (Å²) in [5, 5.41) is 0. The Morgan fingerprint density at radius 3 is 1.27 bits per heavy atom. The SMILES string of the molecule is [Br][Hg][C](=C(c1ccccc1)c1ccccc1)c1ccccc1. The first-order valence-electron chi connectivity index (χ1n) is 7.35. The van der Waals surface area contributed by atoms with Crippen LogP contribution in [0.5, 0.6) is 0 Å². The summed E-state index contributed by atoms with van der Waals surface area (Å²) in [6.45, 7) is 0. The molecule has 0 saturated heterocycles. The topological polar surface area (TPSA) is 0 Å². The molecule has 0 aliphatic rings. The standard InChI is InChI=1S/C20H15.BrH.Hg/c1-4-10-17(11-5-1)16-20(18-12-6-2-7-13-18)19-14-8-3-9-15-19;;/h1-15H;1H;/q;;+1/p-1. The maximum absolute atomic E-state index is 3.91. The van der Waals surface area contributed by atoms with Crippen LogP contribution in [0.4, 0.5) is 0 Å². The minimum absolute atomic E-state index is 1.30. The molecule has 3 aromatic carbocycles. The molecule has 3 rings (SSSR count). The summed E-state index contributed by atoms with van der Waals surface area (Å²) < 4.78 is 1.53. The van der Waals surface area contributed by atoms with Crippen LogP contribution in [-0.4, -0.2) is 0 Å². The quantitative estimate of drug-likeness (QED) is 0.284. The summed E-state index contributed by atoms with van der Waals surface area (Å²) in [5.41, 5.74) is 5.33. The van der Waals surface area contributed by atoms with Gasteiger partial charge in [-0.25, -0.2) is 0 Å². The van der Waals surface area contributed by atoms with E-state index in [4.69, 9.17) is 0 Å². The molecule has 0 bridgehead atoms. The predicted molar refractivity (Wildman–Crippen MR) is 94.2 cm³/mol. The van der Waals surface area contributed by atoms with Crippen molar-refractivity contribution in [2.45, 2.75) is 0 Å². The third kappa shape index (κ3) is 3.58. The van der Waals surface area contributed by atoms with E-state index in [9.17, 15) is 0 Å². The molecule has 0 heterocycles. The van der Waals surface area contributed by atoms with E-state index in [0.717, 1.165) is 0 Å². The molecule has 0 fully saturated rings. The van der Waals surface area contributed by atoms with Gasteiger partial charge >= 0.3 is 150 Å². The normalized spacial score (nSPS) is 9.86. The summed E-state index contributed by atoms with van der Waals surface area (Å²) in [7, 11) is 0. The van der Waals surface area contributed by atoms with Gasteiger partial charge in [0, 0.05) is 0 Å². The van der Waals surface area contributed by atoms with E-state index in [-0.39, 0.29) is 0 Å². The van der Waals surface area contributed by atoms with Crippen LogP contribution in [-0.2, 0) is 22.1 Å². The molecular formula is C20H15BrHg. The number of hydrogen-bond acceptors (Lipinski definition) is 0. The maximum atomic E-state index is 3.91. The molecule has 3 aromatic rings. The van der Waals surface area contributed by atoms with Crippen LogP contribution >= 0.6 is 11.9 Å². The summed E-state index contributed by atoms with van der Waals surface area (Å²) in [6, 6.07) is 32.2. The van der Waals surface area contributed by atoms with Gasteiger partial charge in [0.05, 0.1) is 0 Å². The van der Waals surface area contributed by atoms with Gasteiger partial charge in [0.15, 0.2) is 0 Å². The van der Waals surface area contributed by atoms with E-state index in [0.29, 0.717) is 0 Å². The van der Waals surface area contributed by atoms with Crippen molar-refractivity contribution in [3.63, 3.8) is 0 Å². The third-order valence-electron chi connectivity index (χ3n) is 3.68. The van der Waals surface area contributed by atoms with Crippen molar-refractivity contribution < 1.29 is 22.1 Å². The number of halogens is 1. The van der Waals surface area contributed by atoms with Crippen molar-refractivity contribution in [3.05, 3.63) is 108 Å². The molecule has 0 saturated carbocycles. The number of rotatable bonds is 4. The van der Waals surface area contributed by atoms with E-state index in [2.05, 4.69) is 103 Å². The van der Waals surface area contributed by atoms with Gasteiger partial charge in [-0.2, -0.15) is 0 Å². The molecule has 0 amide bonds. The summed E-state index contributed by atoms with van der Waals surface area (Å²) in [6.07, 6.45) is 0. The van der Waals surface area contributed by atoms with Crippen LogP contribution in [0.1, 0.15) is 16.7 Å². The first-order chi connectivity index (χ1) is 10.9. The van der Waals surface area contributed by atoms with E-state index in [1.807, 2.05) is 0 Å². The van der Waals surface area contributed by atoms with Gasteiger partial charge in [-0.3, -0.25) is 0 Å². The van der Waals surface area contributed by atoms with E-state index in [1.165, 1.54) is 25.3 Å². The fourth-order valence-corrected chi connectivity index (χ4v) is 11.6. The van der Waals surface area contributed by atoms with Gasteiger partial charge in [-0.05, 0) is 0 Å². The second kappa shape index (κ2) is 7.89. The van der Waals surface area contributed by atoms with Gasteiger partial charge in [0.1, 0.15) is 0 Å². The molecule has 2 heteroatoms. The predicted octanol–water partition coefficient (Wildman–Crippen LogP) is 6.00. The average molecular weight is 536 g/mol. The first kappa shape index (κ1) is 15.7. The van der Waals surface area contributed by atoms with Crippen LogP contribution in [0.2, 0.25) is 0 Å². The number of benzene rings is 3. The van der Waals surface area contributed by atoms with Crippen molar-refractivity contribution in [1.82, 2.24) is 0 Å². The molecule has 0 aliphatic heterocycles. The van der Waals surface area contributed by atoms with Crippen molar-refractivity contribution in [1.29, 1.82) is 0 Å². The zero-order chi connectivity index (χ0) is 15.2. The Morgan fingerprint density at radius 2 is 0.909 bits per heavy atom. The minimum atomic E-state index is -1.31. The Kier molecular flexibility index (Phi) is 5.63. The van der Waals surface area contributed by atoms with Crippen molar-refractivity contribution >= 4 is 20.6 Å². The van der Waals surface area contributed by atoms with Gasteiger partial charge in [0.2, 0.25) is 0 Å². The van der Waals surface area contributed by atoms with Gasteiger partial charge in [0.25, 0.3) is 0 Å². The molecule has 0 aromatic heterocycles. The molecule has 0 N–H and O–H groups in total. The Hall–Kier alpha value is -1.18. The van der Waals surface area contributed by atoms with Crippen LogP contribution in [0.15, 0.2) is 91.0 Å². The fraction of sp³-hybridized carbons (Fsp3) is 0. The van der Waals surface area contributed by atoms with E-state index >= 15 is 0 Å². The van der Waals surface area contributed by atoms with E-state index in [1.54, 1.807) is 0 Å². The summed E-state index contributed by atoms with van der Waals surface area (Å²) in [4.78, 5) is 0. The molecule has 0 nitrogen and oxygen atoms in total. The Balaban J connectivity index is 2.27. The zero-order valence-corrected chi connectivity index (χ0v) is 19.3. The average Bonchev–Trinajstić information content (AvgIpc) is 2.62. The van der Waals surface area contributed by atoms with E-state index < -0.39 is 22.1 Å². The van der Waals surface area contributed by atoms with Crippen LogP contribution in [0.25, 0.3) is 8.65 Å². The molecule has 104 valence electrons. The second-order valence-corrected chi connectivity index (χ2v) is 13.8. The van der Waals surface area contributed by atoms with Crippen molar-refractivity contribution in [2.24, 2.45) is 0 Å². The molecule has 0 atom stereocenters. The monoisotopic (exact) mass is 536 g/mol.